The van der Waals surface area contributed by atoms with Crippen LogP contribution in [0.3, 0.4) is 0 Å². The quantitative estimate of drug-likeness (QED) is 0.647. The summed E-state index contributed by atoms with van der Waals surface area (Å²) in [5, 5.41) is 2.97. The Morgan fingerprint density at radius 1 is 1.10 bits per heavy atom. The number of imidazole rings is 1. The van der Waals surface area contributed by atoms with Gasteiger partial charge in [0, 0.05) is 46.2 Å². The average Bonchev–Trinajstić information content (AvgIpc) is 3.02. The Balaban J connectivity index is 1.27. The van der Waals surface area contributed by atoms with E-state index in [-0.39, 0.29) is 24.1 Å². The second-order valence-corrected chi connectivity index (χ2v) is 7.75. The van der Waals surface area contributed by atoms with Crippen LogP contribution in [0.1, 0.15) is 12.0 Å². The van der Waals surface area contributed by atoms with Gasteiger partial charge < -0.3 is 10.1 Å². The van der Waals surface area contributed by atoms with Crippen molar-refractivity contribution < 1.29 is 9.53 Å². The predicted octanol–water partition coefficient (Wildman–Crippen LogP) is 1.75. The Morgan fingerprint density at radius 3 is 2.63 bits per heavy atom. The third-order valence-corrected chi connectivity index (χ3v) is 5.61. The standard InChI is InChI=1S/C23H28N4O3/c1-25-20-9-5-6-10-21(20)27(23(25)29)12-11-22(28)24-15-19-17-26(13-14-30-19)16-18-7-3-2-4-8-18/h2-10,19H,11-17H2,1H3,(H,24,28). The zero-order valence-corrected chi connectivity index (χ0v) is 17.3. The van der Waals surface area contributed by atoms with Crippen LogP contribution in [0.2, 0.25) is 0 Å². The summed E-state index contributed by atoms with van der Waals surface area (Å²) < 4.78 is 9.10. The number of amides is 1. The van der Waals surface area contributed by atoms with E-state index in [1.54, 1.807) is 16.2 Å². The van der Waals surface area contributed by atoms with Gasteiger partial charge in [0.2, 0.25) is 5.91 Å². The Bertz CT molecular complexity index is 1060. The summed E-state index contributed by atoms with van der Waals surface area (Å²) in [6.45, 7) is 4.07. The van der Waals surface area contributed by atoms with Crippen molar-refractivity contribution in [1.29, 1.82) is 0 Å². The number of morpholine rings is 1. The summed E-state index contributed by atoms with van der Waals surface area (Å²) in [4.78, 5) is 27.2. The van der Waals surface area contributed by atoms with E-state index < -0.39 is 0 Å². The number of carbonyl (C=O) groups is 1. The number of aromatic nitrogens is 2. The SMILES string of the molecule is Cn1c(=O)n(CCC(=O)NCC2CN(Cc3ccccc3)CCO2)c2ccccc21. The van der Waals surface area contributed by atoms with E-state index in [0.29, 0.717) is 19.7 Å². The fourth-order valence-electron chi connectivity index (χ4n) is 4.00. The molecule has 1 aromatic heterocycles. The van der Waals surface area contributed by atoms with Gasteiger partial charge in [0.05, 0.1) is 23.7 Å². The molecule has 0 saturated carbocycles. The molecule has 7 nitrogen and oxygen atoms in total. The van der Waals surface area contributed by atoms with Crippen molar-refractivity contribution >= 4 is 16.9 Å². The van der Waals surface area contributed by atoms with Gasteiger partial charge in [0.15, 0.2) is 0 Å². The molecule has 1 atom stereocenters. The number of benzene rings is 2. The highest BCUT2D eigenvalue weighted by atomic mass is 16.5. The third kappa shape index (κ3) is 4.63. The molecule has 2 aromatic carbocycles. The summed E-state index contributed by atoms with van der Waals surface area (Å²) in [6.07, 6.45) is 0.237. The van der Waals surface area contributed by atoms with Gasteiger partial charge in [-0.15, -0.1) is 0 Å². The number of fused-ring (bicyclic) bond motifs is 1. The first-order chi connectivity index (χ1) is 14.6. The number of aryl methyl sites for hydroxylation is 2. The Labute approximate surface area is 175 Å². The van der Waals surface area contributed by atoms with Gasteiger partial charge in [-0.25, -0.2) is 4.79 Å². The van der Waals surface area contributed by atoms with Gasteiger partial charge in [-0.1, -0.05) is 42.5 Å². The minimum absolute atomic E-state index is 0.0216. The molecular formula is C23H28N4O3. The first-order valence-corrected chi connectivity index (χ1v) is 10.4. The van der Waals surface area contributed by atoms with Crippen LogP contribution < -0.4 is 11.0 Å². The molecule has 1 amide bonds. The van der Waals surface area contributed by atoms with E-state index in [0.717, 1.165) is 30.7 Å². The highest BCUT2D eigenvalue weighted by Crippen LogP contribution is 2.12. The molecule has 1 unspecified atom stereocenters. The molecule has 4 rings (SSSR count). The molecule has 7 heteroatoms. The number of ether oxygens (including phenoxy) is 1. The van der Waals surface area contributed by atoms with Crippen LogP contribution >= 0.6 is 0 Å². The number of nitrogens with zero attached hydrogens (tertiary/aromatic N) is 3. The van der Waals surface area contributed by atoms with Crippen LogP contribution in [-0.2, 0) is 29.7 Å². The van der Waals surface area contributed by atoms with Crippen molar-refractivity contribution in [3.8, 4) is 0 Å². The van der Waals surface area contributed by atoms with Crippen LogP contribution in [0.4, 0.5) is 0 Å². The molecular weight excluding hydrogens is 380 g/mol. The smallest absolute Gasteiger partial charge is 0.328 e. The monoisotopic (exact) mass is 408 g/mol. The van der Waals surface area contributed by atoms with Crippen LogP contribution in [0.15, 0.2) is 59.4 Å². The molecule has 1 aliphatic rings. The zero-order valence-electron chi connectivity index (χ0n) is 17.3. The Kier molecular flexibility index (Phi) is 6.30. The largest absolute Gasteiger partial charge is 0.374 e. The lowest BCUT2D eigenvalue weighted by Crippen LogP contribution is -2.47. The lowest BCUT2D eigenvalue weighted by Gasteiger charge is -2.33. The molecule has 0 radical (unpaired) electrons. The number of carbonyl (C=O) groups excluding carboxylic acids is 1. The molecule has 1 N–H and O–H groups in total. The number of hydrogen-bond donors (Lipinski definition) is 1. The van der Waals surface area contributed by atoms with Crippen LogP contribution in [-0.4, -0.2) is 52.3 Å². The molecule has 1 fully saturated rings. The van der Waals surface area contributed by atoms with Crippen molar-refractivity contribution in [2.75, 3.05) is 26.2 Å². The van der Waals surface area contributed by atoms with E-state index in [4.69, 9.17) is 4.74 Å². The fourth-order valence-corrected chi connectivity index (χ4v) is 4.00. The van der Waals surface area contributed by atoms with Gasteiger partial charge in [-0.05, 0) is 17.7 Å². The van der Waals surface area contributed by atoms with E-state index in [2.05, 4.69) is 34.5 Å². The fraction of sp³-hybridized carbons (Fsp3) is 0.391. The van der Waals surface area contributed by atoms with Gasteiger partial charge in [0.25, 0.3) is 0 Å². The first kappa shape index (κ1) is 20.4. The van der Waals surface area contributed by atoms with Crippen LogP contribution in [0.25, 0.3) is 11.0 Å². The van der Waals surface area contributed by atoms with Gasteiger partial charge in [0.1, 0.15) is 0 Å². The predicted molar refractivity (Wildman–Crippen MR) is 116 cm³/mol. The van der Waals surface area contributed by atoms with Gasteiger partial charge in [-0.3, -0.25) is 18.8 Å². The molecule has 2 heterocycles. The maximum Gasteiger partial charge on any atom is 0.328 e. The number of rotatable bonds is 7. The highest BCUT2D eigenvalue weighted by molar-refractivity contribution is 5.77. The van der Waals surface area contributed by atoms with Crippen molar-refractivity contribution in [3.05, 3.63) is 70.6 Å². The normalized spacial score (nSPS) is 17.3. The first-order valence-electron chi connectivity index (χ1n) is 10.4. The van der Waals surface area contributed by atoms with Crippen molar-refractivity contribution in [3.63, 3.8) is 0 Å². The van der Waals surface area contributed by atoms with E-state index >= 15 is 0 Å². The lowest BCUT2D eigenvalue weighted by molar-refractivity contribution is -0.122. The topological polar surface area (TPSA) is 68.5 Å². The number of para-hydroxylation sites is 2. The molecule has 30 heavy (non-hydrogen) atoms. The van der Waals surface area contributed by atoms with Crippen LogP contribution in [0, 0.1) is 0 Å². The van der Waals surface area contributed by atoms with Crippen molar-refractivity contribution in [2.24, 2.45) is 7.05 Å². The summed E-state index contributed by atoms with van der Waals surface area (Å²) >= 11 is 0. The Hall–Kier alpha value is -2.90. The second kappa shape index (κ2) is 9.28. The summed E-state index contributed by atoms with van der Waals surface area (Å²) in [5.41, 5.74) is 2.90. The maximum absolute atomic E-state index is 12.5. The Morgan fingerprint density at radius 2 is 1.83 bits per heavy atom. The minimum Gasteiger partial charge on any atom is -0.374 e. The summed E-state index contributed by atoms with van der Waals surface area (Å²) in [5.74, 6) is -0.0707. The molecule has 0 aliphatic carbocycles. The minimum atomic E-state index is -0.101. The molecule has 3 aromatic rings. The third-order valence-electron chi connectivity index (χ3n) is 5.61. The van der Waals surface area contributed by atoms with Crippen molar-refractivity contribution in [2.45, 2.75) is 25.6 Å². The number of hydrogen-bond acceptors (Lipinski definition) is 4. The molecule has 158 valence electrons. The van der Waals surface area contributed by atoms with E-state index in [9.17, 15) is 9.59 Å². The number of nitrogens with one attached hydrogen (secondary N) is 1. The molecule has 1 aliphatic heterocycles. The zero-order chi connectivity index (χ0) is 20.9. The van der Waals surface area contributed by atoms with Gasteiger partial charge in [-0.2, -0.15) is 0 Å². The van der Waals surface area contributed by atoms with E-state index in [1.165, 1.54) is 5.56 Å². The summed E-state index contributed by atoms with van der Waals surface area (Å²) in [7, 11) is 1.75. The molecule has 1 saturated heterocycles. The van der Waals surface area contributed by atoms with Gasteiger partial charge >= 0.3 is 5.69 Å². The lowest BCUT2D eigenvalue weighted by atomic mass is 10.2. The average molecular weight is 409 g/mol. The summed E-state index contributed by atoms with van der Waals surface area (Å²) in [6, 6.07) is 18.0. The van der Waals surface area contributed by atoms with Crippen molar-refractivity contribution in [1.82, 2.24) is 19.4 Å². The maximum atomic E-state index is 12.5. The molecule has 0 bridgehead atoms. The van der Waals surface area contributed by atoms with E-state index in [1.807, 2.05) is 30.3 Å². The second-order valence-electron chi connectivity index (χ2n) is 7.75. The van der Waals surface area contributed by atoms with Crippen LogP contribution in [0.5, 0.6) is 0 Å². The highest BCUT2D eigenvalue weighted by Gasteiger charge is 2.21. The molecule has 0 spiro atoms.